The van der Waals surface area contributed by atoms with Gasteiger partial charge in [0.1, 0.15) is 16.4 Å². The lowest BCUT2D eigenvalue weighted by Gasteiger charge is -2.37. The van der Waals surface area contributed by atoms with Crippen LogP contribution in [0.1, 0.15) is 12.8 Å². The quantitative estimate of drug-likeness (QED) is 0.850. The van der Waals surface area contributed by atoms with Crippen LogP contribution in [0.15, 0.2) is 27.6 Å². The van der Waals surface area contributed by atoms with Gasteiger partial charge in [-0.3, -0.25) is 5.32 Å². The van der Waals surface area contributed by atoms with Gasteiger partial charge in [0.25, 0.3) is 0 Å². The summed E-state index contributed by atoms with van der Waals surface area (Å²) in [6.45, 7) is 2.08. The predicted octanol–water partition coefficient (Wildman–Crippen LogP) is 1.69. The van der Waals surface area contributed by atoms with Crippen LogP contribution in [0.3, 0.4) is 0 Å². The van der Waals surface area contributed by atoms with Crippen molar-refractivity contribution < 1.29 is 17.5 Å². The minimum atomic E-state index is -3.80. The molecule has 0 unspecified atom stereocenters. The van der Waals surface area contributed by atoms with E-state index in [1.807, 2.05) is 0 Å². The second-order valence-electron chi connectivity index (χ2n) is 5.25. The molecule has 0 aliphatic carbocycles. The number of hydrogen-bond donors (Lipinski definition) is 1. The summed E-state index contributed by atoms with van der Waals surface area (Å²) in [6, 6.07) is 3.99. The molecule has 0 saturated carbocycles. The highest BCUT2D eigenvalue weighted by molar-refractivity contribution is 9.10. The van der Waals surface area contributed by atoms with Crippen LogP contribution in [0.25, 0.3) is 0 Å². The first-order chi connectivity index (χ1) is 9.93. The first-order valence-electron chi connectivity index (χ1n) is 6.77. The van der Waals surface area contributed by atoms with Gasteiger partial charge >= 0.3 is 0 Å². The molecule has 3 rings (SSSR count). The van der Waals surface area contributed by atoms with Gasteiger partial charge in [-0.25, -0.2) is 12.8 Å². The Morgan fingerprint density at radius 1 is 1.33 bits per heavy atom. The van der Waals surface area contributed by atoms with E-state index in [4.69, 9.17) is 4.74 Å². The van der Waals surface area contributed by atoms with Crippen molar-refractivity contribution in [3.8, 4) is 0 Å². The first kappa shape index (κ1) is 15.4. The molecular weight excluding hydrogens is 363 g/mol. The summed E-state index contributed by atoms with van der Waals surface area (Å²) in [5.41, 5.74) is -0.399. The van der Waals surface area contributed by atoms with Crippen LogP contribution in [0.2, 0.25) is 0 Å². The third-order valence-electron chi connectivity index (χ3n) is 3.97. The highest BCUT2D eigenvalue weighted by Crippen LogP contribution is 2.30. The Morgan fingerprint density at radius 3 is 2.62 bits per heavy atom. The third kappa shape index (κ3) is 2.87. The zero-order chi connectivity index (χ0) is 15.1. The summed E-state index contributed by atoms with van der Waals surface area (Å²) >= 11 is 3.13. The summed E-state index contributed by atoms with van der Waals surface area (Å²) in [6.07, 6.45) is 1.15. The van der Waals surface area contributed by atoms with E-state index < -0.39 is 21.6 Å². The molecule has 1 aromatic carbocycles. The zero-order valence-electron chi connectivity index (χ0n) is 11.3. The van der Waals surface area contributed by atoms with Gasteiger partial charge in [-0.2, -0.15) is 4.31 Å². The van der Waals surface area contributed by atoms with Crippen LogP contribution in [0, 0.1) is 5.82 Å². The zero-order valence-corrected chi connectivity index (χ0v) is 13.7. The molecule has 21 heavy (non-hydrogen) atoms. The first-order valence-corrected chi connectivity index (χ1v) is 9.01. The highest BCUT2D eigenvalue weighted by atomic mass is 79.9. The summed E-state index contributed by atoms with van der Waals surface area (Å²) in [7, 11) is -3.80. The van der Waals surface area contributed by atoms with Gasteiger partial charge in [0.2, 0.25) is 10.0 Å². The topological polar surface area (TPSA) is 58.6 Å². The molecule has 116 valence electrons. The Kier molecular flexibility index (Phi) is 4.08. The van der Waals surface area contributed by atoms with E-state index >= 15 is 0 Å². The second kappa shape index (κ2) is 5.58. The van der Waals surface area contributed by atoms with Gasteiger partial charge in [0.15, 0.2) is 0 Å². The Balaban J connectivity index is 1.80. The fourth-order valence-corrected chi connectivity index (χ4v) is 4.63. The molecule has 0 aromatic heterocycles. The number of piperidine rings is 1. The van der Waals surface area contributed by atoms with E-state index in [9.17, 15) is 12.8 Å². The molecule has 8 heteroatoms. The van der Waals surface area contributed by atoms with E-state index in [0.717, 1.165) is 6.54 Å². The third-order valence-corrected chi connectivity index (χ3v) is 6.39. The van der Waals surface area contributed by atoms with Gasteiger partial charge in [0.05, 0.1) is 6.61 Å². The van der Waals surface area contributed by atoms with E-state index in [-0.39, 0.29) is 4.90 Å². The van der Waals surface area contributed by atoms with Crippen molar-refractivity contribution in [3.63, 3.8) is 0 Å². The lowest BCUT2D eigenvalue weighted by molar-refractivity contribution is -0.0446. The molecule has 0 atom stereocenters. The van der Waals surface area contributed by atoms with Crippen LogP contribution in [-0.4, -0.2) is 44.7 Å². The number of nitrogens with zero attached hydrogens (tertiary/aromatic N) is 1. The molecule has 0 radical (unpaired) electrons. The molecule has 1 spiro atoms. The van der Waals surface area contributed by atoms with Crippen molar-refractivity contribution >= 4 is 26.0 Å². The van der Waals surface area contributed by atoms with Crippen LogP contribution < -0.4 is 5.32 Å². The number of benzene rings is 1. The summed E-state index contributed by atoms with van der Waals surface area (Å²) in [5, 5.41) is 3.28. The Bertz CT molecular complexity index is 637. The van der Waals surface area contributed by atoms with E-state index in [1.165, 1.54) is 22.5 Å². The van der Waals surface area contributed by atoms with Crippen LogP contribution in [0.5, 0.6) is 0 Å². The number of ether oxygens (including phenoxy) is 1. The lowest BCUT2D eigenvalue weighted by Crippen LogP contribution is -2.52. The van der Waals surface area contributed by atoms with Crippen LogP contribution in [0.4, 0.5) is 4.39 Å². The SMILES string of the molecule is O=S(=O)(c1ccc(Br)cc1F)N1CCC2(CC1)NCCO2. The van der Waals surface area contributed by atoms with Crippen molar-refractivity contribution in [2.24, 2.45) is 0 Å². The Morgan fingerprint density at radius 2 is 2.05 bits per heavy atom. The van der Waals surface area contributed by atoms with Crippen molar-refractivity contribution in [1.29, 1.82) is 0 Å². The molecule has 2 aliphatic rings. The number of nitrogens with one attached hydrogen (secondary N) is 1. The smallest absolute Gasteiger partial charge is 0.245 e. The van der Waals surface area contributed by atoms with E-state index in [2.05, 4.69) is 21.2 Å². The van der Waals surface area contributed by atoms with Gasteiger partial charge in [0, 0.05) is 36.9 Å². The number of rotatable bonds is 2. The summed E-state index contributed by atoms with van der Waals surface area (Å²) < 4.78 is 46.5. The highest BCUT2D eigenvalue weighted by Gasteiger charge is 2.41. The predicted molar refractivity (Wildman–Crippen MR) is 78.8 cm³/mol. The molecular formula is C13H16BrFN2O3S. The van der Waals surface area contributed by atoms with E-state index in [0.29, 0.717) is 37.0 Å². The minimum Gasteiger partial charge on any atom is -0.359 e. The van der Waals surface area contributed by atoms with Crippen molar-refractivity contribution in [3.05, 3.63) is 28.5 Å². The Labute approximate surface area is 131 Å². The number of hydrogen-bond acceptors (Lipinski definition) is 4. The van der Waals surface area contributed by atoms with E-state index in [1.54, 1.807) is 0 Å². The maximum absolute atomic E-state index is 13.9. The molecule has 2 saturated heterocycles. The fourth-order valence-electron chi connectivity index (χ4n) is 2.81. The average Bonchev–Trinajstić information content (AvgIpc) is 2.87. The number of sulfonamides is 1. The van der Waals surface area contributed by atoms with Crippen LogP contribution >= 0.6 is 15.9 Å². The summed E-state index contributed by atoms with van der Waals surface area (Å²) in [5.74, 6) is -0.736. The fraction of sp³-hybridized carbons (Fsp3) is 0.538. The summed E-state index contributed by atoms with van der Waals surface area (Å²) in [4.78, 5) is -0.276. The normalized spacial score (nSPS) is 22.8. The standard InChI is InChI=1S/C13H16BrFN2O3S/c14-10-1-2-12(11(15)9-10)21(18,19)17-6-3-13(4-7-17)16-5-8-20-13/h1-2,9,16H,3-8H2. The second-order valence-corrected chi connectivity index (χ2v) is 8.07. The van der Waals surface area contributed by atoms with Gasteiger partial charge < -0.3 is 4.74 Å². The van der Waals surface area contributed by atoms with Crippen molar-refractivity contribution in [2.45, 2.75) is 23.5 Å². The van der Waals surface area contributed by atoms with Gasteiger partial charge in [-0.05, 0) is 18.2 Å². The molecule has 1 N–H and O–H groups in total. The maximum Gasteiger partial charge on any atom is 0.245 e. The molecule has 2 heterocycles. The van der Waals surface area contributed by atoms with Gasteiger partial charge in [-0.15, -0.1) is 0 Å². The largest absolute Gasteiger partial charge is 0.359 e. The molecule has 0 bridgehead atoms. The lowest BCUT2D eigenvalue weighted by atomic mass is 10.0. The minimum absolute atomic E-state index is 0.276. The maximum atomic E-state index is 13.9. The van der Waals surface area contributed by atoms with Crippen LogP contribution in [-0.2, 0) is 14.8 Å². The molecule has 5 nitrogen and oxygen atoms in total. The molecule has 2 aliphatic heterocycles. The molecule has 0 amide bonds. The number of halogens is 2. The Hall–Kier alpha value is -0.540. The monoisotopic (exact) mass is 378 g/mol. The molecule has 2 fully saturated rings. The molecule has 1 aromatic rings. The van der Waals surface area contributed by atoms with Crippen molar-refractivity contribution in [1.82, 2.24) is 9.62 Å². The average molecular weight is 379 g/mol. The van der Waals surface area contributed by atoms with Crippen molar-refractivity contribution in [2.75, 3.05) is 26.2 Å². The van der Waals surface area contributed by atoms with Gasteiger partial charge in [-0.1, -0.05) is 15.9 Å².